The quantitative estimate of drug-likeness (QED) is 0.383. The van der Waals surface area contributed by atoms with Crippen LogP contribution in [0.15, 0.2) is 6.07 Å². The smallest absolute Gasteiger partial charge is 0.417 e. The lowest BCUT2D eigenvalue weighted by atomic mass is 9.52. The van der Waals surface area contributed by atoms with E-state index in [4.69, 9.17) is 5.73 Å². The molecule has 200 valence electrons. The second-order valence-electron chi connectivity index (χ2n) is 10.1. The molecular formula is C24H26F3N3O7. The number of aliphatic hydroxyl groups is 1. The van der Waals surface area contributed by atoms with Gasteiger partial charge < -0.3 is 21.3 Å². The predicted molar refractivity (Wildman–Crippen MR) is 119 cm³/mol. The number of halogens is 3. The van der Waals surface area contributed by atoms with Crippen LogP contribution in [0.1, 0.15) is 33.5 Å². The van der Waals surface area contributed by atoms with Crippen LogP contribution < -0.4 is 11.1 Å². The number of nitrogens with zero attached hydrogens (tertiary/aromatic N) is 1. The Kier molecular flexibility index (Phi) is 6.33. The molecule has 1 amide bonds. The number of alkyl halides is 3. The summed E-state index contributed by atoms with van der Waals surface area (Å²) < 4.78 is 42.5. The lowest BCUT2D eigenvalue weighted by molar-refractivity contribution is -0.181. The van der Waals surface area contributed by atoms with Crippen LogP contribution in [0, 0.1) is 23.7 Å². The Morgan fingerprint density at radius 1 is 1.22 bits per heavy atom. The monoisotopic (exact) mass is 525 g/mol. The van der Waals surface area contributed by atoms with Crippen molar-refractivity contribution < 1.29 is 47.4 Å². The molecule has 3 aliphatic rings. The number of nitrogens with one attached hydrogen (secondary N) is 1. The number of likely N-dealkylation sites (N-methyl/N-ethyl adjacent to an activating group) is 1. The van der Waals surface area contributed by atoms with Gasteiger partial charge in [0.25, 0.3) is 0 Å². The van der Waals surface area contributed by atoms with E-state index in [0.717, 1.165) is 6.07 Å². The van der Waals surface area contributed by atoms with Crippen molar-refractivity contribution in [1.82, 2.24) is 10.2 Å². The number of benzene rings is 1. The van der Waals surface area contributed by atoms with Crippen molar-refractivity contribution >= 4 is 29.0 Å². The van der Waals surface area contributed by atoms with E-state index in [9.17, 15) is 47.4 Å². The van der Waals surface area contributed by atoms with Gasteiger partial charge in [0.1, 0.15) is 5.75 Å². The first-order valence-corrected chi connectivity index (χ1v) is 11.5. The summed E-state index contributed by atoms with van der Waals surface area (Å²) in [6, 6.07) is -0.538. The normalized spacial score (nSPS) is 31.7. The molecule has 0 heterocycles. The van der Waals surface area contributed by atoms with Crippen LogP contribution in [0.25, 0.3) is 0 Å². The Labute approximate surface area is 209 Å². The highest BCUT2D eigenvalue weighted by Gasteiger charge is 2.69. The number of hydrogen-bond acceptors (Lipinski definition) is 9. The maximum absolute atomic E-state index is 14.2. The van der Waals surface area contributed by atoms with Gasteiger partial charge >= 0.3 is 6.18 Å². The van der Waals surface area contributed by atoms with Crippen LogP contribution in [0.4, 0.5) is 13.2 Å². The second-order valence-corrected chi connectivity index (χ2v) is 10.1. The van der Waals surface area contributed by atoms with Crippen LogP contribution in [0.5, 0.6) is 5.75 Å². The SMILES string of the molecule is CNCc1cc(O)c2c(c1C(F)(F)F)C[C@H]1C[C@H]3[C@H](N(C)C)C(=O)C(C(N)=O)C(=O)[C@@]3(O)C(=O)C1C2=O. The van der Waals surface area contributed by atoms with Gasteiger partial charge in [-0.3, -0.25) is 28.9 Å². The molecule has 3 aliphatic carbocycles. The lowest BCUT2D eigenvalue weighted by Gasteiger charge is -2.52. The molecule has 1 aromatic carbocycles. The molecule has 0 spiro atoms. The Balaban J connectivity index is 1.92. The lowest BCUT2D eigenvalue weighted by Crippen LogP contribution is -2.74. The molecule has 2 unspecified atom stereocenters. The number of hydrogen-bond donors (Lipinski definition) is 4. The highest BCUT2D eigenvalue weighted by molar-refractivity contribution is 6.32. The van der Waals surface area contributed by atoms with E-state index in [1.165, 1.54) is 26.0 Å². The zero-order valence-corrected chi connectivity index (χ0v) is 20.2. The number of primary amides is 1. The Morgan fingerprint density at radius 2 is 1.84 bits per heavy atom. The van der Waals surface area contributed by atoms with Crippen molar-refractivity contribution in [3.63, 3.8) is 0 Å². The van der Waals surface area contributed by atoms with Gasteiger partial charge in [0.15, 0.2) is 34.7 Å². The molecule has 0 aliphatic heterocycles. The van der Waals surface area contributed by atoms with E-state index in [0.29, 0.717) is 0 Å². The summed E-state index contributed by atoms with van der Waals surface area (Å²) in [5.41, 5.74) is -0.277. The molecule has 4 rings (SSSR count). The maximum atomic E-state index is 14.2. The number of phenolic OH excluding ortho intramolecular Hbond substituents is 1. The fourth-order valence-electron chi connectivity index (χ4n) is 6.43. The summed E-state index contributed by atoms with van der Waals surface area (Å²) in [6.07, 6.45) is -5.70. The van der Waals surface area contributed by atoms with E-state index >= 15 is 0 Å². The maximum Gasteiger partial charge on any atom is 0.417 e. The minimum absolute atomic E-state index is 0.264. The number of carbonyl (C=O) groups excluding carboxylic acids is 5. The van der Waals surface area contributed by atoms with Crippen molar-refractivity contribution in [3.05, 3.63) is 28.3 Å². The zero-order valence-electron chi connectivity index (χ0n) is 20.2. The number of ketones is 4. The third-order valence-electron chi connectivity index (χ3n) is 7.80. The van der Waals surface area contributed by atoms with Crippen molar-refractivity contribution in [3.8, 4) is 5.75 Å². The molecule has 10 nitrogen and oxygen atoms in total. The zero-order chi connectivity index (χ0) is 27.8. The molecule has 0 radical (unpaired) electrons. The minimum Gasteiger partial charge on any atom is -0.507 e. The number of rotatable bonds is 4. The second kappa shape index (κ2) is 8.71. The van der Waals surface area contributed by atoms with Crippen molar-refractivity contribution in [1.29, 1.82) is 0 Å². The van der Waals surface area contributed by atoms with Gasteiger partial charge in [-0.2, -0.15) is 13.2 Å². The molecule has 37 heavy (non-hydrogen) atoms. The van der Waals surface area contributed by atoms with Crippen LogP contribution in [0.2, 0.25) is 0 Å². The van der Waals surface area contributed by atoms with E-state index in [2.05, 4.69) is 5.32 Å². The number of aromatic hydroxyl groups is 1. The Bertz CT molecular complexity index is 1240. The van der Waals surface area contributed by atoms with Crippen LogP contribution in [0.3, 0.4) is 0 Å². The molecule has 6 atom stereocenters. The third kappa shape index (κ3) is 3.70. The first-order chi connectivity index (χ1) is 17.1. The third-order valence-corrected chi connectivity index (χ3v) is 7.80. The fraction of sp³-hybridized carbons (Fsp3) is 0.542. The standard InChI is InChI=1S/C24H26F3N3O7/c1-29-7-9-6-12(31)14-10(16(9)24(25,26)27)4-8-5-11-17(30(2)3)19(33)15(22(28)36)21(35)23(11,37)20(34)13(8)18(14)32/h6,8,11,13,15,17,29,31,37H,4-5,7H2,1-3H3,(H2,28,36)/t8-,11-,13?,15?,17-,23-/m0/s1. The van der Waals surface area contributed by atoms with Gasteiger partial charge in [-0.1, -0.05) is 0 Å². The Morgan fingerprint density at radius 3 is 2.35 bits per heavy atom. The molecule has 2 fully saturated rings. The first-order valence-electron chi connectivity index (χ1n) is 11.5. The number of carbonyl (C=O) groups is 5. The number of phenols is 1. The summed E-state index contributed by atoms with van der Waals surface area (Å²) in [6.45, 7) is -0.264. The molecule has 2 saturated carbocycles. The molecule has 5 N–H and O–H groups in total. The van der Waals surface area contributed by atoms with Crippen molar-refractivity contribution in [2.75, 3.05) is 21.1 Å². The van der Waals surface area contributed by atoms with Gasteiger partial charge in [0.05, 0.1) is 23.1 Å². The summed E-state index contributed by atoms with van der Waals surface area (Å²) in [5, 5.41) is 24.6. The minimum atomic E-state index is -4.89. The summed E-state index contributed by atoms with van der Waals surface area (Å²) >= 11 is 0. The molecule has 0 bridgehead atoms. The highest BCUT2D eigenvalue weighted by atomic mass is 19.4. The van der Waals surface area contributed by atoms with Gasteiger partial charge in [0.2, 0.25) is 5.91 Å². The number of nitrogens with two attached hydrogens (primary N) is 1. The topological polar surface area (TPSA) is 167 Å². The summed E-state index contributed by atoms with van der Waals surface area (Å²) in [7, 11) is 4.24. The van der Waals surface area contributed by atoms with Gasteiger partial charge in [-0.25, -0.2) is 0 Å². The number of amides is 1. The van der Waals surface area contributed by atoms with Crippen molar-refractivity contribution in [2.24, 2.45) is 29.4 Å². The average Bonchev–Trinajstić information content (AvgIpc) is 2.74. The van der Waals surface area contributed by atoms with Crippen LogP contribution in [-0.2, 0) is 38.3 Å². The van der Waals surface area contributed by atoms with E-state index in [1.54, 1.807) is 0 Å². The molecule has 1 aromatic rings. The van der Waals surface area contributed by atoms with Gasteiger partial charge in [-0.15, -0.1) is 0 Å². The summed E-state index contributed by atoms with van der Waals surface area (Å²) in [4.78, 5) is 66.7. The fourth-order valence-corrected chi connectivity index (χ4v) is 6.43. The van der Waals surface area contributed by atoms with Gasteiger partial charge in [-0.05, 0) is 57.1 Å². The largest absolute Gasteiger partial charge is 0.507 e. The van der Waals surface area contributed by atoms with E-state index in [1.807, 2.05) is 0 Å². The number of fused-ring (bicyclic) bond motifs is 3. The number of Topliss-reactive ketones (excluding diaryl/α,β-unsaturated/α-hetero) is 4. The average molecular weight is 525 g/mol. The summed E-state index contributed by atoms with van der Waals surface area (Å²) in [5.74, 6) is -13.4. The Hall–Kier alpha value is -3.16. The molecular weight excluding hydrogens is 499 g/mol. The molecule has 13 heteroatoms. The van der Waals surface area contributed by atoms with Gasteiger partial charge in [0, 0.05) is 12.5 Å². The van der Waals surface area contributed by atoms with Crippen molar-refractivity contribution in [2.45, 2.75) is 37.2 Å². The van der Waals surface area contributed by atoms with Crippen LogP contribution in [-0.4, -0.2) is 76.9 Å². The van der Waals surface area contributed by atoms with Crippen LogP contribution >= 0.6 is 0 Å². The first kappa shape index (κ1) is 26.9. The van der Waals surface area contributed by atoms with E-state index in [-0.39, 0.29) is 18.5 Å². The highest BCUT2D eigenvalue weighted by Crippen LogP contribution is 2.52. The van der Waals surface area contributed by atoms with E-state index < -0.39 is 99.4 Å². The molecule has 0 saturated heterocycles. The predicted octanol–water partition coefficient (Wildman–Crippen LogP) is -0.395. The molecule has 0 aromatic heterocycles.